The van der Waals surface area contributed by atoms with E-state index in [1.54, 1.807) is 5.51 Å². The smallest absolute Gasteiger partial charge is 0.273 e. The maximum atomic E-state index is 12.1. The van der Waals surface area contributed by atoms with Crippen molar-refractivity contribution in [2.45, 2.75) is 31.7 Å². The predicted molar refractivity (Wildman–Crippen MR) is 69.2 cm³/mol. The fourth-order valence-corrected chi connectivity index (χ4v) is 3.03. The number of hydrogen-bond acceptors (Lipinski definition) is 3. The van der Waals surface area contributed by atoms with Crippen LogP contribution in [0.15, 0.2) is 10.9 Å². The highest BCUT2D eigenvalue weighted by atomic mass is 79.9. The molecule has 1 saturated heterocycles. The van der Waals surface area contributed by atoms with Gasteiger partial charge in [0.15, 0.2) is 0 Å². The maximum Gasteiger partial charge on any atom is 0.273 e. The SMILES string of the molecule is O=C(c1cscn1)N1CCCC1CCCBr. The van der Waals surface area contributed by atoms with Crippen LogP contribution >= 0.6 is 27.3 Å². The quantitative estimate of drug-likeness (QED) is 0.801. The van der Waals surface area contributed by atoms with Crippen LogP contribution < -0.4 is 0 Å². The highest BCUT2D eigenvalue weighted by Crippen LogP contribution is 2.23. The maximum absolute atomic E-state index is 12.1. The number of rotatable bonds is 4. The summed E-state index contributed by atoms with van der Waals surface area (Å²) in [6.45, 7) is 0.892. The van der Waals surface area contributed by atoms with Gasteiger partial charge in [-0.2, -0.15) is 0 Å². The lowest BCUT2D eigenvalue weighted by atomic mass is 10.1. The number of aromatic nitrogens is 1. The fourth-order valence-electron chi connectivity index (χ4n) is 2.18. The number of alkyl halides is 1. The third kappa shape index (κ3) is 2.63. The van der Waals surface area contributed by atoms with Crippen molar-refractivity contribution in [2.24, 2.45) is 0 Å². The van der Waals surface area contributed by atoms with Crippen LogP contribution in [-0.4, -0.2) is 33.7 Å². The summed E-state index contributed by atoms with van der Waals surface area (Å²) in [6, 6.07) is 0.423. The van der Waals surface area contributed by atoms with Crippen molar-refractivity contribution >= 4 is 33.2 Å². The van der Waals surface area contributed by atoms with E-state index < -0.39 is 0 Å². The molecule has 5 heteroatoms. The Bertz CT molecular complexity index is 342. The van der Waals surface area contributed by atoms with Crippen LogP contribution in [-0.2, 0) is 0 Å². The lowest BCUT2D eigenvalue weighted by Crippen LogP contribution is -2.35. The third-order valence-electron chi connectivity index (χ3n) is 2.96. The van der Waals surface area contributed by atoms with Gasteiger partial charge in [0.25, 0.3) is 5.91 Å². The minimum Gasteiger partial charge on any atom is -0.334 e. The standard InChI is InChI=1S/C11H15BrN2OS/c12-5-1-3-9-4-2-6-14(9)11(15)10-7-16-8-13-10/h7-9H,1-6H2. The first-order valence-electron chi connectivity index (χ1n) is 5.58. The molecule has 0 bridgehead atoms. The van der Waals surface area contributed by atoms with Crippen LogP contribution in [0, 0.1) is 0 Å². The first-order chi connectivity index (χ1) is 7.83. The molecule has 2 rings (SSSR count). The molecule has 0 radical (unpaired) electrons. The molecule has 1 aliphatic rings. The van der Waals surface area contributed by atoms with Crippen LogP contribution in [0.4, 0.5) is 0 Å². The summed E-state index contributed by atoms with van der Waals surface area (Å²) in [7, 11) is 0. The Kier molecular flexibility index (Phi) is 4.35. The van der Waals surface area contributed by atoms with Crippen molar-refractivity contribution in [1.29, 1.82) is 0 Å². The summed E-state index contributed by atoms with van der Waals surface area (Å²) < 4.78 is 0. The molecule has 16 heavy (non-hydrogen) atoms. The van der Waals surface area contributed by atoms with Gasteiger partial charge in [-0.25, -0.2) is 4.98 Å². The van der Waals surface area contributed by atoms with Crippen molar-refractivity contribution in [3.63, 3.8) is 0 Å². The molecule has 1 unspecified atom stereocenters. The zero-order chi connectivity index (χ0) is 11.4. The van der Waals surface area contributed by atoms with Crippen molar-refractivity contribution in [2.75, 3.05) is 11.9 Å². The van der Waals surface area contributed by atoms with Gasteiger partial charge in [-0.3, -0.25) is 4.79 Å². The number of thiazole rings is 1. The van der Waals surface area contributed by atoms with Gasteiger partial charge >= 0.3 is 0 Å². The van der Waals surface area contributed by atoms with Crippen LogP contribution in [0.5, 0.6) is 0 Å². The molecular formula is C11H15BrN2OS. The Morgan fingerprint density at radius 1 is 1.69 bits per heavy atom. The Morgan fingerprint density at radius 3 is 3.25 bits per heavy atom. The van der Waals surface area contributed by atoms with Crippen molar-refractivity contribution < 1.29 is 4.79 Å². The molecule has 2 heterocycles. The molecule has 1 fully saturated rings. The number of carbonyl (C=O) groups excluding carboxylic acids is 1. The zero-order valence-electron chi connectivity index (χ0n) is 9.06. The third-order valence-corrected chi connectivity index (χ3v) is 4.11. The second-order valence-corrected chi connectivity index (χ2v) is 5.51. The van der Waals surface area contributed by atoms with Crippen molar-refractivity contribution in [1.82, 2.24) is 9.88 Å². The average molecular weight is 303 g/mol. The summed E-state index contributed by atoms with van der Waals surface area (Å²) in [5, 5.41) is 2.85. The molecule has 88 valence electrons. The van der Waals surface area contributed by atoms with Crippen molar-refractivity contribution in [3.8, 4) is 0 Å². The molecule has 1 atom stereocenters. The Labute approximate surface area is 108 Å². The van der Waals surface area contributed by atoms with Gasteiger partial charge in [-0.15, -0.1) is 11.3 Å². The molecule has 1 aromatic heterocycles. The van der Waals surface area contributed by atoms with E-state index in [2.05, 4.69) is 20.9 Å². The van der Waals surface area contributed by atoms with Gasteiger partial charge in [0.2, 0.25) is 0 Å². The number of carbonyl (C=O) groups is 1. The van der Waals surface area contributed by atoms with E-state index >= 15 is 0 Å². The number of amides is 1. The first kappa shape index (κ1) is 12.0. The largest absolute Gasteiger partial charge is 0.334 e. The second kappa shape index (κ2) is 5.77. The van der Waals surface area contributed by atoms with Gasteiger partial charge < -0.3 is 4.90 Å². The number of hydrogen-bond donors (Lipinski definition) is 0. The summed E-state index contributed by atoms with van der Waals surface area (Å²) in [6.07, 6.45) is 4.50. The van der Waals surface area contributed by atoms with E-state index in [0.717, 1.165) is 37.6 Å². The summed E-state index contributed by atoms with van der Waals surface area (Å²) in [5.41, 5.74) is 2.33. The van der Waals surface area contributed by atoms with E-state index in [1.807, 2.05) is 10.3 Å². The number of likely N-dealkylation sites (tertiary alicyclic amines) is 1. The summed E-state index contributed by atoms with van der Waals surface area (Å²) in [4.78, 5) is 18.2. The molecule has 1 aromatic rings. The van der Waals surface area contributed by atoms with Gasteiger partial charge in [-0.05, 0) is 25.7 Å². The highest BCUT2D eigenvalue weighted by Gasteiger charge is 2.29. The fraction of sp³-hybridized carbons (Fsp3) is 0.636. The van der Waals surface area contributed by atoms with Crippen LogP contribution in [0.1, 0.15) is 36.2 Å². The Balaban J connectivity index is 1.99. The Morgan fingerprint density at radius 2 is 2.56 bits per heavy atom. The average Bonchev–Trinajstić information content (AvgIpc) is 2.96. The van der Waals surface area contributed by atoms with Gasteiger partial charge in [-0.1, -0.05) is 15.9 Å². The summed E-state index contributed by atoms with van der Waals surface area (Å²) >= 11 is 4.92. The summed E-state index contributed by atoms with van der Waals surface area (Å²) in [5.74, 6) is 0.110. The molecule has 3 nitrogen and oxygen atoms in total. The molecule has 1 amide bonds. The lowest BCUT2D eigenvalue weighted by molar-refractivity contribution is 0.0725. The van der Waals surface area contributed by atoms with Gasteiger partial charge in [0, 0.05) is 23.3 Å². The van der Waals surface area contributed by atoms with E-state index in [4.69, 9.17) is 0 Å². The minimum absolute atomic E-state index is 0.110. The molecule has 0 saturated carbocycles. The van der Waals surface area contributed by atoms with E-state index in [0.29, 0.717) is 11.7 Å². The number of nitrogens with zero attached hydrogens (tertiary/aromatic N) is 2. The van der Waals surface area contributed by atoms with Gasteiger partial charge in [0.05, 0.1) is 5.51 Å². The monoisotopic (exact) mass is 302 g/mol. The predicted octanol–water partition coefficient (Wildman–Crippen LogP) is 2.92. The van der Waals surface area contributed by atoms with E-state index in [1.165, 1.54) is 11.3 Å². The number of halogens is 1. The molecule has 0 N–H and O–H groups in total. The molecule has 1 aliphatic heterocycles. The molecule has 0 aromatic carbocycles. The van der Waals surface area contributed by atoms with Crippen LogP contribution in [0.3, 0.4) is 0 Å². The van der Waals surface area contributed by atoms with Crippen LogP contribution in [0.2, 0.25) is 0 Å². The van der Waals surface area contributed by atoms with E-state index in [9.17, 15) is 4.79 Å². The second-order valence-electron chi connectivity index (χ2n) is 4.00. The van der Waals surface area contributed by atoms with Crippen molar-refractivity contribution in [3.05, 3.63) is 16.6 Å². The van der Waals surface area contributed by atoms with E-state index in [-0.39, 0.29) is 5.91 Å². The molecular weight excluding hydrogens is 288 g/mol. The minimum atomic E-state index is 0.110. The molecule has 0 spiro atoms. The normalized spacial score (nSPS) is 20.3. The van der Waals surface area contributed by atoms with Gasteiger partial charge in [0.1, 0.15) is 5.69 Å². The van der Waals surface area contributed by atoms with Crippen LogP contribution in [0.25, 0.3) is 0 Å². The Hall–Kier alpha value is -0.420. The topological polar surface area (TPSA) is 33.2 Å². The molecule has 0 aliphatic carbocycles. The lowest BCUT2D eigenvalue weighted by Gasteiger charge is -2.23. The highest BCUT2D eigenvalue weighted by molar-refractivity contribution is 9.09. The zero-order valence-corrected chi connectivity index (χ0v) is 11.5. The first-order valence-corrected chi connectivity index (χ1v) is 7.64.